The number of hydrogen-bond donors (Lipinski definition) is 1. The highest BCUT2D eigenvalue weighted by atomic mass is 35.5. The fraction of sp³-hybridized carbons (Fsp3) is 0.444. The van der Waals surface area contributed by atoms with Gasteiger partial charge >= 0.3 is 5.97 Å². The number of benzene rings is 1. The van der Waals surface area contributed by atoms with Crippen molar-refractivity contribution in [3.8, 4) is 5.75 Å². The predicted molar refractivity (Wildman–Crippen MR) is 138 cm³/mol. The molecule has 8 nitrogen and oxygen atoms in total. The van der Waals surface area contributed by atoms with E-state index in [2.05, 4.69) is 10.3 Å². The molecule has 206 valence electrons. The molecule has 0 fully saturated rings. The summed E-state index contributed by atoms with van der Waals surface area (Å²) in [6, 6.07) is 4.53. The van der Waals surface area contributed by atoms with Crippen LogP contribution in [0.2, 0.25) is 5.02 Å². The third-order valence-corrected chi connectivity index (χ3v) is 5.66. The molecule has 0 aliphatic rings. The predicted octanol–water partition coefficient (Wildman–Crippen LogP) is 5.41. The van der Waals surface area contributed by atoms with E-state index in [1.807, 2.05) is 6.92 Å². The number of pyridine rings is 1. The number of amides is 1. The van der Waals surface area contributed by atoms with Crippen molar-refractivity contribution < 1.29 is 32.6 Å². The van der Waals surface area contributed by atoms with Crippen molar-refractivity contribution in [1.29, 1.82) is 0 Å². The van der Waals surface area contributed by atoms with E-state index >= 15 is 0 Å². The molecule has 1 unspecified atom stereocenters. The lowest BCUT2D eigenvalue weighted by atomic mass is 10.1. The minimum atomic E-state index is -0.741. The van der Waals surface area contributed by atoms with E-state index in [0.717, 1.165) is 12.1 Å². The van der Waals surface area contributed by atoms with Crippen LogP contribution in [0.5, 0.6) is 5.75 Å². The molecular weight excluding hydrogens is 520 g/mol. The fourth-order valence-corrected chi connectivity index (χ4v) is 3.99. The second-order valence-corrected chi connectivity index (χ2v) is 10.1. The molecule has 0 aliphatic carbocycles. The molecule has 0 radical (unpaired) electrons. The second kappa shape index (κ2) is 12.5. The number of hydrogen-bond acceptors (Lipinski definition) is 6. The first-order valence-corrected chi connectivity index (χ1v) is 12.6. The van der Waals surface area contributed by atoms with Gasteiger partial charge in [-0.2, -0.15) is 0 Å². The van der Waals surface area contributed by atoms with E-state index < -0.39 is 35.8 Å². The van der Waals surface area contributed by atoms with Gasteiger partial charge in [0.15, 0.2) is 11.4 Å². The van der Waals surface area contributed by atoms with E-state index in [0.29, 0.717) is 18.7 Å². The van der Waals surface area contributed by atoms with Crippen molar-refractivity contribution in [3.63, 3.8) is 0 Å². The Bertz CT molecular complexity index is 1290. The second-order valence-electron chi connectivity index (χ2n) is 9.71. The smallest absolute Gasteiger partial charge is 0.306 e. The summed E-state index contributed by atoms with van der Waals surface area (Å²) < 4.78 is 46.1. The maximum absolute atomic E-state index is 14.1. The molecular formula is C27H32ClF2N3O5. The minimum Gasteiger partial charge on any atom is -0.485 e. The lowest BCUT2D eigenvalue weighted by molar-refractivity contribution is -0.155. The van der Waals surface area contributed by atoms with Gasteiger partial charge in [0.25, 0.3) is 5.91 Å². The van der Waals surface area contributed by atoms with Gasteiger partial charge in [-0.1, -0.05) is 17.7 Å². The summed E-state index contributed by atoms with van der Waals surface area (Å²) in [7, 11) is 0. The number of carbonyl (C=O) groups is 2. The summed E-state index contributed by atoms with van der Waals surface area (Å²) in [5.74, 6) is -2.17. The zero-order valence-corrected chi connectivity index (χ0v) is 22.8. The molecule has 0 aliphatic heterocycles. The molecule has 0 spiro atoms. The zero-order chi connectivity index (χ0) is 28.0. The number of esters is 1. The number of fused-ring (bicyclic) bond motifs is 1. The molecule has 38 heavy (non-hydrogen) atoms. The van der Waals surface area contributed by atoms with Crippen molar-refractivity contribution >= 4 is 29.1 Å². The lowest BCUT2D eigenvalue weighted by Gasteiger charge is -2.22. The lowest BCUT2D eigenvalue weighted by Crippen LogP contribution is -2.39. The largest absolute Gasteiger partial charge is 0.485 e. The Balaban J connectivity index is 1.82. The van der Waals surface area contributed by atoms with Gasteiger partial charge < -0.3 is 19.5 Å². The number of nitrogens with zero attached hydrogens (tertiary/aromatic N) is 2. The maximum Gasteiger partial charge on any atom is 0.306 e. The van der Waals surface area contributed by atoms with Crippen LogP contribution in [-0.4, -0.2) is 46.1 Å². The highest BCUT2D eigenvalue weighted by Gasteiger charge is 2.24. The van der Waals surface area contributed by atoms with E-state index in [1.165, 1.54) is 22.7 Å². The van der Waals surface area contributed by atoms with Crippen LogP contribution in [0.1, 0.15) is 62.3 Å². The first-order valence-electron chi connectivity index (χ1n) is 12.2. The van der Waals surface area contributed by atoms with Gasteiger partial charge in [-0.25, -0.2) is 13.8 Å². The third-order valence-electron chi connectivity index (χ3n) is 5.45. The third kappa shape index (κ3) is 7.64. The Hall–Kier alpha value is -3.24. The van der Waals surface area contributed by atoms with Crippen LogP contribution >= 0.6 is 11.6 Å². The number of halogens is 3. The van der Waals surface area contributed by atoms with Crippen LogP contribution in [-0.2, 0) is 20.9 Å². The SMILES string of the molecule is CCOCC(CCC(=O)OC(C)(C)C)NC(=O)c1c(C)nc2c(OCc3c(F)cccc3F)cc(Cl)cn12. The van der Waals surface area contributed by atoms with E-state index in [-0.39, 0.29) is 46.7 Å². The highest BCUT2D eigenvalue weighted by molar-refractivity contribution is 6.30. The van der Waals surface area contributed by atoms with Gasteiger partial charge in [0.2, 0.25) is 0 Å². The summed E-state index contributed by atoms with van der Waals surface area (Å²) in [4.78, 5) is 30.0. The Morgan fingerprint density at radius 3 is 2.53 bits per heavy atom. The van der Waals surface area contributed by atoms with Crippen LogP contribution < -0.4 is 10.1 Å². The van der Waals surface area contributed by atoms with Crippen LogP contribution in [0.3, 0.4) is 0 Å². The molecule has 3 aromatic rings. The Morgan fingerprint density at radius 1 is 1.21 bits per heavy atom. The van der Waals surface area contributed by atoms with Crippen molar-refractivity contribution in [2.75, 3.05) is 13.2 Å². The fourth-order valence-electron chi connectivity index (χ4n) is 3.79. The van der Waals surface area contributed by atoms with Crippen LogP contribution in [0.4, 0.5) is 8.78 Å². The van der Waals surface area contributed by atoms with Gasteiger partial charge in [-0.3, -0.25) is 14.0 Å². The monoisotopic (exact) mass is 551 g/mol. The molecule has 0 bridgehead atoms. The van der Waals surface area contributed by atoms with Crippen LogP contribution in [0.15, 0.2) is 30.5 Å². The molecule has 0 saturated carbocycles. The quantitative estimate of drug-likeness (QED) is 0.320. The van der Waals surface area contributed by atoms with Gasteiger partial charge in [0.1, 0.15) is 29.5 Å². The average molecular weight is 552 g/mol. The van der Waals surface area contributed by atoms with Gasteiger partial charge in [-0.15, -0.1) is 0 Å². The maximum atomic E-state index is 14.1. The number of aromatic nitrogens is 2. The van der Waals surface area contributed by atoms with Crippen molar-refractivity contribution in [3.05, 3.63) is 64.1 Å². The number of rotatable bonds is 11. The van der Waals surface area contributed by atoms with Gasteiger partial charge in [-0.05, 0) is 53.2 Å². The Morgan fingerprint density at radius 2 is 1.89 bits per heavy atom. The molecule has 1 amide bonds. The molecule has 2 heterocycles. The van der Waals surface area contributed by atoms with E-state index in [4.69, 9.17) is 25.8 Å². The first kappa shape index (κ1) is 29.3. The molecule has 1 atom stereocenters. The highest BCUT2D eigenvalue weighted by Crippen LogP contribution is 2.28. The van der Waals surface area contributed by atoms with Gasteiger partial charge in [0.05, 0.1) is 28.9 Å². The molecule has 1 N–H and O–H groups in total. The standard InChI is InChI=1S/C27H32ClF2N3O5/c1-6-36-14-18(10-11-23(34)38-27(3,4)5)32-26(35)24-16(2)31-25-22(12-17(28)13-33(24)25)37-15-19-20(29)8-7-9-21(19)30/h7-9,12-13,18H,6,10-11,14-15H2,1-5H3,(H,32,35). The number of imidazole rings is 1. The van der Waals surface area contributed by atoms with Crippen molar-refractivity contribution in [1.82, 2.24) is 14.7 Å². The summed E-state index contributed by atoms with van der Waals surface area (Å²) in [5, 5.41) is 3.13. The summed E-state index contributed by atoms with van der Waals surface area (Å²) in [5.41, 5.74) is -0.0165. The first-order chi connectivity index (χ1) is 17.9. The Labute approximate surface area is 225 Å². The number of carbonyl (C=O) groups excluding carboxylic acids is 2. The van der Waals surface area contributed by atoms with E-state index in [1.54, 1.807) is 27.7 Å². The number of nitrogens with one attached hydrogen (secondary N) is 1. The molecule has 2 aromatic heterocycles. The Kier molecular flexibility index (Phi) is 9.67. The number of aryl methyl sites for hydroxylation is 1. The number of ether oxygens (including phenoxy) is 3. The summed E-state index contributed by atoms with van der Waals surface area (Å²) in [6.07, 6.45) is 1.90. The van der Waals surface area contributed by atoms with Gasteiger partial charge in [0, 0.05) is 25.3 Å². The molecule has 11 heteroatoms. The summed E-state index contributed by atoms with van der Waals surface area (Å²) in [6.45, 7) is 9.07. The van der Waals surface area contributed by atoms with Crippen LogP contribution in [0, 0.1) is 18.6 Å². The average Bonchev–Trinajstić information content (AvgIpc) is 3.14. The molecule has 3 rings (SSSR count). The topological polar surface area (TPSA) is 91.2 Å². The minimum absolute atomic E-state index is 0.0951. The zero-order valence-electron chi connectivity index (χ0n) is 22.1. The van der Waals surface area contributed by atoms with Crippen LogP contribution in [0.25, 0.3) is 5.65 Å². The molecule has 1 aromatic carbocycles. The summed E-state index contributed by atoms with van der Waals surface area (Å²) >= 11 is 6.29. The molecule has 0 saturated heterocycles. The normalized spacial score (nSPS) is 12.4. The van der Waals surface area contributed by atoms with E-state index in [9.17, 15) is 18.4 Å². The van der Waals surface area contributed by atoms with Crippen molar-refractivity contribution in [2.24, 2.45) is 0 Å². The van der Waals surface area contributed by atoms with Crippen molar-refractivity contribution in [2.45, 2.75) is 65.7 Å².